The Morgan fingerprint density at radius 1 is 1.17 bits per heavy atom. The fourth-order valence-electron chi connectivity index (χ4n) is 2.81. The Morgan fingerprint density at radius 3 is 2.29 bits per heavy atom. The number of nitrogens with one attached hydrogen (secondary N) is 1. The number of rotatable bonds is 5. The highest BCUT2D eigenvalue weighted by atomic mass is 35.5. The molecule has 0 radical (unpaired) electrons. The summed E-state index contributed by atoms with van der Waals surface area (Å²) in [4.78, 5) is 28.0. The first-order valence-electron chi connectivity index (χ1n) is 8.05. The Labute approximate surface area is 149 Å². The number of likely N-dealkylation sites (N-methyl/N-ethyl adjacent to an activating group) is 1. The number of halogens is 1. The van der Waals surface area contributed by atoms with E-state index < -0.39 is 0 Å². The Kier molecular flexibility index (Phi) is 8.18. The molecule has 2 rings (SSSR count). The number of nitrogens with two attached hydrogens (primary N) is 1. The molecule has 2 amide bonds. The number of carbonyl (C=O) groups is 2. The minimum Gasteiger partial charge on any atom is -0.358 e. The smallest absolute Gasteiger partial charge is 0.233 e. The predicted octanol–water partition coefficient (Wildman–Crippen LogP) is 0.635. The number of hydrogen-bond acceptors (Lipinski definition) is 4. The van der Waals surface area contributed by atoms with Gasteiger partial charge in [0.25, 0.3) is 0 Å². The van der Waals surface area contributed by atoms with Crippen LogP contribution in [0.1, 0.15) is 18.5 Å². The molecule has 6 nitrogen and oxygen atoms in total. The topological polar surface area (TPSA) is 78.7 Å². The van der Waals surface area contributed by atoms with Crippen molar-refractivity contribution in [2.45, 2.75) is 13.0 Å². The third-order valence-electron chi connectivity index (χ3n) is 4.44. The second-order valence-corrected chi connectivity index (χ2v) is 6.00. The lowest BCUT2D eigenvalue weighted by Crippen LogP contribution is -2.52. The SMILES string of the molecule is CNC(=O)CN1CCN(C(=O)C(C)C(N)c2ccccc2)CC1.Cl. The van der Waals surface area contributed by atoms with Crippen molar-refractivity contribution in [3.63, 3.8) is 0 Å². The summed E-state index contributed by atoms with van der Waals surface area (Å²) in [6.45, 7) is 4.98. The first kappa shape index (κ1) is 20.4. The van der Waals surface area contributed by atoms with Gasteiger partial charge in [-0.05, 0) is 5.56 Å². The number of amides is 2. The monoisotopic (exact) mass is 354 g/mol. The van der Waals surface area contributed by atoms with Crippen LogP contribution in [0.2, 0.25) is 0 Å². The van der Waals surface area contributed by atoms with Gasteiger partial charge in [0.05, 0.1) is 12.5 Å². The average molecular weight is 355 g/mol. The third kappa shape index (κ3) is 5.19. The molecule has 1 saturated heterocycles. The Hall–Kier alpha value is -1.63. The van der Waals surface area contributed by atoms with E-state index in [9.17, 15) is 9.59 Å². The van der Waals surface area contributed by atoms with Gasteiger partial charge in [-0.1, -0.05) is 37.3 Å². The summed E-state index contributed by atoms with van der Waals surface area (Å²) in [5.74, 6) is -0.173. The van der Waals surface area contributed by atoms with Crippen LogP contribution in [0.25, 0.3) is 0 Å². The maximum absolute atomic E-state index is 12.6. The normalized spacial score (nSPS) is 17.5. The van der Waals surface area contributed by atoms with E-state index in [-0.39, 0.29) is 36.2 Å². The molecule has 0 aromatic heterocycles. The van der Waals surface area contributed by atoms with Gasteiger partial charge in [-0.2, -0.15) is 0 Å². The third-order valence-corrected chi connectivity index (χ3v) is 4.44. The zero-order chi connectivity index (χ0) is 16.8. The van der Waals surface area contributed by atoms with Crippen molar-refractivity contribution < 1.29 is 9.59 Å². The predicted molar refractivity (Wildman–Crippen MR) is 96.9 cm³/mol. The molecule has 1 aliphatic heterocycles. The molecular formula is C17H27ClN4O2. The molecular weight excluding hydrogens is 328 g/mol. The molecule has 2 unspecified atom stereocenters. The van der Waals surface area contributed by atoms with Crippen molar-refractivity contribution in [1.82, 2.24) is 15.1 Å². The van der Waals surface area contributed by atoms with Crippen LogP contribution < -0.4 is 11.1 Å². The van der Waals surface area contributed by atoms with Crippen molar-refractivity contribution in [3.05, 3.63) is 35.9 Å². The number of hydrogen-bond donors (Lipinski definition) is 2. The van der Waals surface area contributed by atoms with Gasteiger partial charge in [-0.15, -0.1) is 12.4 Å². The van der Waals surface area contributed by atoms with E-state index in [0.717, 1.165) is 5.56 Å². The summed E-state index contributed by atoms with van der Waals surface area (Å²) in [7, 11) is 1.63. The molecule has 3 N–H and O–H groups in total. The molecule has 0 aliphatic carbocycles. The molecule has 0 saturated carbocycles. The van der Waals surface area contributed by atoms with Crippen LogP contribution in [0, 0.1) is 5.92 Å². The van der Waals surface area contributed by atoms with E-state index >= 15 is 0 Å². The molecule has 1 aliphatic rings. The van der Waals surface area contributed by atoms with E-state index in [1.54, 1.807) is 7.05 Å². The molecule has 2 atom stereocenters. The number of nitrogens with zero attached hydrogens (tertiary/aromatic N) is 2. The zero-order valence-corrected chi connectivity index (χ0v) is 15.1. The lowest BCUT2D eigenvalue weighted by atomic mass is 9.94. The standard InChI is InChI=1S/C17H26N4O2.ClH/c1-13(16(18)14-6-4-3-5-7-14)17(23)21-10-8-20(9-11-21)12-15(22)19-2;/h3-7,13,16H,8-12,18H2,1-2H3,(H,19,22);1H. The molecule has 134 valence electrons. The van der Waals surface area contributed by atoms with E-state index in [0.29, 0.717) is 32.7 Å². The van der Waals surface area contributed by atoms with Crippen molar-refractivity contribution in [3.8, 4) is 0 Å². The summed E-state index contributed by atoms with van der Waals surface area (Å²) in [6, 6.07) is 9.42. The van der Waals surface area contributed by atoms with Crippen LogP contribution in [0.15, 0.2) is 30.3 Å². The van der Waals surface area contributed by atoms with Crippen molar-refractivity contribution >= 4 is 24.2 Å². The summed E-state index contributed by atoms with van der Waals surface area (Å²) >= 11 is 0. The minimum absolute atomic E-state index is 0. The van der Waals surface area contributed by atoms with E-state index in [1.165, 1.54) is 0 Å². The van der Waals surface area contributed by atoms with Crippen LogP contribution in [-0.4, -0.2) is 61.4 Å². The molecule has 24 heavy (non-hydrogen) atoms. The number of piperazine rings is 1. The molecule has 7 heteroatoms. The van der Waals surface area contributed by atoms with E-state index in [2.05, 4.69) is 10.2 Å². The molecule has 1 aromatic rings. The zero-order valence-electron chi connectivity index (χ0n) is 14.3. The first-order valence-corrected chi connectivity index (χ1v) is 8.05. The first-order chi connectivity index (χ1) is 11.0. The van der Waals surface area contributed by atoms with Gasteiger partial charge in [-0.25, -0.2) is 0 Å². The highest BCUT2D eigenvalue weighted by Gasteiger charge is 2.29. The second-order valence-electron chi connectivity index (χ2n) is 6.00. The van der Waals surface area contributed by atoms with Gasteiger partial charge in [0.1, 0.15) is 0 Å². The van der Waals surface area contributed by atoms with Crippen LogP contribution in [0.4, 0.5) is 0 Å². The van der Waals surface area contributed by atoms with Crippen molar-refractivity contribution in [2.75, 3.05) is 39.8 Å². The summed E-state index contributed by atoms with van der Waals surface area (Å²) in [5, 5.41) is 2.62. The highest BCUT2D eigenvalue weighted by Crippen LogP contribution is 2.21. The van der Waals surface area contributed by atoms with Gasteiger partial charge >= 0.3 is 0 Å². The summed E-state index contributed by atoms with van der Waals surface area (Å²) in [5.41, 5.74) is 7.22. The van der Waals surface area contributed by atoms with Gasteiger partial charge in [0.2, 0.25) is 11.8 Å². The molecule has 1 fully saturated rings. The summed E-state index contributed by atoms with van der Waals surface area (Å²) in [6.07, 6.45) is 0. The minimum atomic E-state index is -0.299. The maximum atomic E-state index is 12.6. The van der Waals surface area contributed by atoms with Crippen LogP contribution in [-0.2, 0) is 9.59 Å². The lowest BCUT2D eigenvalue weighted by molar-refractivity contribution is -0.137. The van der Waals surface area contributed by atoms with Gasteiger partial charge in [0.15, 0.2) is 0 Å². The second kappa shape index (κ2) is 9.61. The fourth-order valence-corrected chi connectivity index (χ4v) is 2.81. The van der Waals surface area contributed by atoms with Gasteiger partial charge in [-0.3, -0.25) is 14.5 Å². The molecule has 1 aromatic carbocycles. The van der Waals surface area contributed by atoms with E-state index in [1.807, 2.05) is 42.2 Å². The van der Waals surface area contributed by atoms with Crippen molar-refractivity contribution in [1.29, 1.82) is 0 Å². The molecule has 0 bridgehead atoms. The Balaban J connectivity index is 0.00000288. The van der Waals surface area contributed by atoms with Gasteiger partial charge in [0, 0.05) is 39.3 Å². The molecule has 1 heterocycles. The van der Waals surface area contributed by atoms with Gasteiger partial charge < -0.3 is 16.0 Å². The Morgan fingerprint density at radius 2 is 1.75 bits per heavy atom. The average Bonchev–Trinajstić information content (AvgIpc) is 2.61. The van der Waals surface area contributed by atoms with Crippen LogP contribution in [0.5, 0.6) is 0 Å². The Bertz CT molecular complexity index is 533. The maximum Gasteiger partial charge on any atom is 0.233 e. The molecule has 0 spiro atoms. The lowest BCUT2D eigenvalue weighted by Gasteiger charge is -2.36. The number of carbonyl (C=O) groups excluding carboxylic acids is 2. The highest BCUT2D eigenvalue weighted by molar-refractivity contribution is 5.85. The van der Waals surface area contributed by atoms with Crippen LogP contribution >= 0.6 is 12.4 Å². The van der Waals surface area contributed by atoms with Crippen molar-refractivity contribution in [2.24, 2.45) is 11.7 Å². The summed E-state index contributed by atoms with van der Waals surface area (Å²) < 4.78 is 0. The van der Waals surface area contributed by atoms with Crippen LogP contribution in [0.3, 0.4) is 0 Å². The largest absolute Gasteiger partial charge is 0.358 e. The fraction of sp³-hybridized carbons (Fsp3) is 0.529. The van der Waals surface area contributed by atoms with E-state index in [4.69, 9.17) is 5.73 Å². The number of benzene rings is 1. The quantitative estimate of drug-likeness (QED) is 0.813.